The van der Waals surface area contributed by atoms with Crippen LogP contribution in [0, 0.1) is 10.1 Å². The largest absolute Gasteiger partial charge is 0.481 e. The number of nitrogens with one attached hydrogen (secondary N) is 1. The van der Waals surface area contributed by atoms with E-state index in [-0.39, 0.29) is 5.69 Å². The highest BCUT2D eigenvalue weighted by molar-refractivity contribution is 5.80. The molecule has 0 heterocycles. The van der Waals surface area contributed by atoms with Gasteiger partial charge in [0.1, 0.15) is 5.75 Å². The normalized spacial score (nSPS) is 11.6. The molecule has 1 aromatic rings. The third-order valence-corrected chi connectivity index (χ3v) is 1.87. The van der Waals surface area contributed by atoms with Gasteiger partial charge in [-0.05, 0) is 19.1 Å². The van der Waals surface area contributed by atoms with Gasteiger partial charge in [-0.15, -0.1) is 0 Å². The summed E-state index contributed by atoms with van der Waals surface area (Å²) in [7, 11) is 0. The van der Waals surface area contributed by atoms with Crippen molar-refractivity contribution in [3.05, 3.63) is 34.4 Å². The number of nitro groups is 1. The van der Waals surface area contributed by atoms with Crippen LogP contribution in [0.3, 0.4) is 0 Å². The second-order valence-electron chi connectivity index (χ2n) is 3.02. The third kappa shape index (κ3) is 2.92. The van der Waals surface area contributed by atoms with Crippen LogP contribution in [0.2, 0.25) is 0 Å². The quantitative estimate of drug-likeness (QED) is 0.333. The maximum Gasteiger partial charge on any atom is 0.274 e. The molecule has 0 aliphatic rings. The van der Waals surface area contributed by atoms with E-state index < -0.39 is 16.9 Å². The molecule has 0 saturated heterocycles. The van der Waals surface area contributed by atoms with E-state index in [1.807, 2.05) is 5.43 Å². The molecule has 1 unspecified atom stereocenters. The van der Waals surface area contributed by atoms with Crippen molar-refractivity contribution in [2.45, 2.75) is 13.0 Å². The lowest BCUT2D eigenvalue weighted by molar-refractivity contribution is -0.384. The van der Waals surface area contributed by atoms with Crippen LogP contribution in [0.4, 0.5) is 5.69 Å². The number of non-ortho nitro benzene ring substituents is 1. The number of carbonyl (C=O) groups is 1. The number of rotatable bonds is 4. The number of hydrazine groups is 1. The molecule has 0 fully saturated rings. The van der Waals surface area contributed by atoms with Crippen molar-refractivity contribution in [2.24, 2.45) is 5.84 Å². The van der Waals surface area contributed by atoms with Gasteiger partial charge in [0.25, 0.3) is 11.6 Å². The molecular weight excluding hydrogens is 214 g/mol. The predicted octanol–water partition coefficient (Wildman–Crippen LogP) is 0.352. The number of ether oxygens (including phenoxy) is 1. The van der Waals surface area contributed by atoms with Gasteiger partial charge in [0.2, 0.25) is 0 Å². The van der Waals surface area contributed by atoms with Gasteiger partial charge in [-0.3, -0.25) is 20.3 Å². The Morgan fingerprint density at radius 3 is 2.50 bits per heavy atom. The Morgan fingerprint density at radius 1 is 1.50 bits per heavy atom. The van der Waals surface area contributed by atoms with E-state index in [0.717, 1.165) is 0 Å². The highest BCUT2D eigenvalue weighted by Gasteiger charge is 2.13. The summed E-state index contributed by atoms with van der Waals surface area (Å²) in [6.07, 6.45) is -0.758. The van der Waals surface area contributed by atoms with E-state index >= 15 is 0 Å². The van der Waals surface area contributed by atoms with Crippen molar-refractivity contribution in [1.82, 2.24) is 5.43 Å². The number of nitro benzene ring substituents is 1. The second kappa shape index (κ2) is 5.08. The zero-order chi connectivity index (χ0) is 12.1. The van der Waals surface area contributed by atoms with Crippen molar-refractivity contribution in [3.63, 3.8) is 0 Å². The Bertz CT molecular complexity index is 390. The molecule has 0 radical (unpaired) electrons. The highest BCUT2D eigenvalue weighted by Crippen LogP contribution is 2.18. The Hall–Kier alpha value is -2.15. The Morgan fingerprint density at radius 2 is 2.06 bits per heavy atom. The maximum absolute atomic E-state index is 11.0. The Kier molecular flexibility index (Phi) is 3.78. The molecule has 0 aromatic heterocycles. The molecule has 3 N–H and O–H groups in total. The first-order valence-electron chi connectivity index (χ1n) is 4.46. The Balaban J connectivity index is 2.68. The predicted molar refractivity (Wildman–Crippen MR) is 55.5 cm³/mol. The van der Waals surface area contributed by atoms with E-state index in [9.17, 15) is 14.9 Å². The topological polar surface area (TPSA) is 107 Å². The number of nitrogens with two attached hydrogens (primary N) is 1. The van der Waals surface area contributed by atoms with Crippen LogP contribution >= 0.6 is 0 Å². The fourth-order valence-corrected chi connectivity index (χ4v) is 1.02. The van der Waals surface area contributed by atoms with Gasteiger partial charge < -0.3 is 4.74 Å². The van der Waals surface area contributed by atoms with Gasteiger partial charge in [-0.2, -0.15) is 0 Å². The highest BCUT2D eigenvalue weighted by atomic mass is 16.6. The molecule has 1 rings (SSSR count). The molecule has 1 aromatic carbocycles. The number of benzene rings is 1. The average molecular weight is 225 g/mol. The van der Waals surface area contributed by atoms with Gasteiger partial charge >= 0.3 is 0 Å². The zero-order valence-corrected chi connectivity index (χ0v) is 8.54. The van der Waals surface area contributed by atoms with Crippen LogP contribution in [0.15, 0.2) is 24.3 Å². The summed E-state index contributed by atoms with van der Waals surface area (Å²) in [5, 5.41) is 10.4. The summed E-state index contributed by atoms with van der Waals surface area (Å²) in [4.78, 5) is 20.9. The summed E-state index contributed by atoms with van der Waals surface area (Å²) in [5.74, 6) is 4.81. The van der Waals surface area contributed by atoms with Crippen LogP contribution in [-0.2, 0) is 4.79 Å². The molecule has 0 spiro atoms. The monoisotopic (exact) mass is 225 g/mol. The third-order valence-electron chi connectivity index (χ3n) is 1.87. The number of amides is 1. The minimum absolute atomic E-state index is 0.0386. The molecule has 16 heavy (non-hydrogen) atoms. The number of hydrogen-bond donors (Lipinski definition) is 2. The van der Waals surface area contributed by atoms with Crippen LogP contribution in [0.1, 0.15) is 6.92 Å². The van der Waals surface area contributed by atoms with Crippen LogP contribution in [-0.4, -0.2) is 16.9 Å². The first kappa shape index (κ1) is 11.9. The molecular formula is C9H11N3O4. The molecule has 7 nitrogen and oxygen atoms in total. The van der Waals surface area contributed by atoms with Gasteiger partial charge in [0.15, 0.2) is 6.10 Å². The fourth-order valence-electron chi connectivity index (χ4n) is 1.02. The van der Waals surface area contributed by atoms with Crippen LogP contribution in [0.25, 0.3) is 0 Å². The lowest BCUT2D eigenvalue weighted by Crippen LogP contribution is -2.40. The van der Waals surface area contributed by atoms with Crippen molar-refractivity contribution >= 4 is 11.6 Å². The van der Waals surface area contributed by atoms with Crippen molar-refractivity contribution in [2.75, 3.05) is 0 Å². The zero-order valence-electron chi connectivity index (χ0n) is 8.54. The Labute approximate surface area is 91.3 Å². The molecule has 0 aliphatic heterocycles. The van der Waals surface area contributed by atoms with Gasteiger partial charge in [0.05, 0.1) is 4.92 Å². The summed E-state index contributed by atoms with van der Waals surface area (Å²) < 4.78 is 5.19. The van der Waals surface area contributed by atoms with E-state index in [1.165, 1.54) is 31.2 Å². The van der Waals surface area contributed by atoms with Crippen molar-refractivity contribution in [1.29, 1.82) is 0 Å². The first-order chi connectivity index (χ1) is 7.54. The minimum atomic E-state index is -0.758. The molecule has 86 valence electrons. The molecule has 0 saturated carbocycles. The SMILES string of the molecule is CC(Oc1ccc([N+](=O)[O-])cc1)C(=O)NN. The lowest BCUT2D eigenvalue weighted by atomic mass is 10.3. The first-order valence-corrected chi connectivity index (χ1v) is 4.46. The summed E-state index contributed by atoms with van der Waals surface area (Å²) in [6, 6.07) is 5.42. The van der Waals surface area contributed by atoms with Crippen LogP contribution in [0.5, 0.6) is 5.75 Å². The van der Waals surface area contributed by atoms with Gasteiger partial charge in [-0.25, -0.2) is 5.84 Å². The fraction of sp³-hybridized carbons (Fsp3) is 0.222. The number of carbonyl (C=O) groups excluding carboxylic acids is 1. The van der Waals surface area contributed by atoms with Crippen LogP contribution < -0.4 is 16.0 Å². The molecule has 1 atom stereocenters. The van der Waals surface area contributed by atoms with Gasteiger partial charge in [-0.1, -0.05) is 0 Å². The standard InChI is InChI=1S/C9H11N3O4/c1-6(9(13)11-10)16-8-4-2-7(3-5-8)12(14)15/h2-6H,10H2,1H3,(H,11,13). The number of hydrogen-bond acceptors (Lipinski definition) is 5. The second-order valence-corrected chi connectivity index (χ2v) is 3.02. The maximum atomic E-state index is 11.0. The lowest BCUT2D eigenvalue weighted by Gasteiger charge is -2.12. The molecule has 1 amide bonds. The smallest absolute Gasteiger partial charge is 0.274 e. The molecule has 0 bridgehead atoms. The molecule has 0 aliphatic carbocycles. The van der Waals surface area contributed by atoms with E-state index in [4.69, 9.17) is 10.6 Å². The van der Waals surface area contributed by atoms with E-state index in [1.54, 1.807) is 0 Å². The van der Waals surface area contributed by atoms with Crippen molar-refractivity contribution in [3.8, 4) is 5.75 Å². The minimum Gasteiger partial charge on any atom is -0.481 e. The molecule has 7 heteroatoms. The van der Waals surface area contributed by atoms with E-state index in [2.05, 4.69) is 0 Å². The summed E-state index contributed by atoms with van der Waals surface area (Å²) in [6.45, 7) is 1.52. The van der Waals surface area contributed by atoms with E-state index in [0.29, 0.717) is 5.75 Å². The average Bonchev–Trinajstić information content (AvgIpc) is 2.28. The summed E-state index contributed by atoms with van der Waals surface area (Å²) in [5.41, 5.74) is 1.90. The van der Waals surface area contributed by atoms with Crippen molar-refractivity contribution < 1.29 is 14.5 Å². The number of nitrogens with zero attached hydrogens (tertiary/aromatic N) is 1. The van der Waals surface area contributed by atoms with Gasteiger partial charge in [0, 0.05) is 12.1 Å². The summed E-state index contributed by atoms with van der Waals surface area (Å²) >= 11 is 0.